The smallest absolute Gasteiger partial charge is 0.355 e. The Morgan fingerprint density at radius 2 is 1.50 bits per heavy atom. The molecule has 7 aromatic rings. The number of thioether (sulfide) groups is 2. The van der Waals surface area contributed by atoms with Gasteiger partial charge in [0.2, 0.25) is 5.60 Å². The minimum atomic E-state index is -1.66. The number of nitrogens with one attached hydrogen (secondary N) is 2. The third kappa shape index (κ3) is 12.0. The number of hydrogen-bond donors (Lipinski definition) is 2. The molecule has 0 bridgehead atoms. The van der Waals surface area contributed by atoms with Gasteiger partial charge in [-0.3, -0.25) is 14.5 Å². The van der Waals surface area contributed by atoms with Crippen molar-refractivity contribution in [3.63, 3.8) is 0 Å². The summed E-state index contributed by atoms with van der Waals surface area (Å²) in [5.74, 6) is -0.692. The number of ether oxygens (including phenoxy) is 3. The van der Waals surface area contributed by atoms with Gasteiger partial charge in [0.05, 0.1) is 20.2 Å². The molecule has 2 atom stereocenters. The molecule has 2 unspecified atom stereocenters. The van der Waals surface area contributed by atoms with Gasteiger partial charge in [0.1, 0.15) is 64.5 Å². The maximum absolute atomic E-state index is 14.9. The molecule has 406 valence electrons. The van der Waals surface area contributed by atoms with Gasteiger partial charge in [-0.05, 0) is 74.6 Å². The number of β-lactam (4-membered cyclic amide) rings is 1. The zero-order chi connectivity index (χ0) is 54.6. The van der Waals surface area contributed by atoms with Gasteiger partial charge in [-0.2, -0.15) is 9.38 Å². The first-order chi connectivity index (χ1) is 36.9. The normalized spacial score (nSPS) is 15.6. The molecule has 5 heterocycles. The molecule has 2 aliphatic rings. The Morgan fingerprint density at radius 1 is 0.885 bits per heavy atom. The molecule has 3 aromatic heterocycles. The summed E-state index contributed by atoms with van der Waals surface area (Å²) in [5.41, 5.74) is 1.56. The van der Waals surface area contributed by atoms with Crippen molar-refractivity contribution in [3.05, 3.63) is 178 Å². The van der Waals surface area contributed by atoms with Crippen LogP contribution in [0.15, 0.2) is 161 Å². The minimum absolute atomic E-state index is 0. The number of rotatable bonds is 19. The van der Waals surface area contributed by atoms with Gasteiger partial charge in [0, 0.05) is 31.0 Å². The molecule has 0 radical (unpaired) electrons. The minimum Gasteiger partial charge on any atom is -1.00 e. The van der Waals surface area contributed by atoms with Crippen molar-refractivity contribution in [3.8, 4) is 5.75 Å². The van der Waals surface area contributed by atoms with Crippen molar-refractivity contribution in [2.75, 3.05) is 42.9 Å². The highest BCUT2D eigenvalue weighted by molar-refractivity contribution is 8.01. The molecule has 4 aromatic carbocycles. The molecule has 2 N–H and O–H groups in total. The van der Waals surface area contributed by atoms with Crippen LogP contribution in [-0.2, 0) is 52.7 Å². The SMILES string of the molecule is COc1ccc(COC(=O)C2=C(CSc3nc(N(C)C)cc4n3cc[n+]4C)CSC3C(NC(=O)/C(=N\OC(C)(C)C(=O)OC(C)(C)C)c4csc(NC(c5ccccc5)(c5ccccc5)c5ccccc5)n4)C(=O)N23)cc1.[Cl-]. The number of esters is 2. The van der Waals surface area contributed by atoms with E-state index in [4.69, 9.17) is 29.0 Å². The van der Waals surface area contributed by atoms with Crippen LogP contribution in [0.1, 0.15) is 62.6 Å². The molecule has 9 rings (SSSR count). The van der Waals surface area contributed by atoms with Crippen LogP contribution in [0.5, 0.6) is 5.75 Å². The molecule has 2 aliphatic heterocycles. The third-order valence-corrected chi connectivity index (χ3v) is 15.9. The van der Waals surface area contributed by atoms with E-state index in [-0.39, 0.29) is 36.1 Å². The number of anilines is 2. The summed E-state index contributed by atoms with van der Waals surface area (Å²) in [4.78, 5) is 76.5. The second kappa shape index (κ2) is 23.7. The number of methoxy groups -OCH3 is 1. The summed E-state index contributed by atoms with van der Waals surface area (Å²) in [6.45, 7) is 8.12. The van der Waals surface area contributed by atoms with Crippen LogP contribution in [0, 0.1) is 0 Å². The highest BCUT2D eigenvalue weighted by Gasteiger charge is 2.55. The van der Waals surface area contributed by atoms with Crippen molar-refractivity contribution >= 4 is 80.9 Å². The lowest BCUT2D eigenvalue weighted by molar-refractivity contribution is -0.644. The molecular formula is C57H60ClN9O8S3. The second-order valence-electron chi connectivity index (χ2n) is 20.0. The number of carbonyl (C=O) groups excluding carboxylic acids is 4. The van der Waals surface area contributed by atoms with Crippen LogP contribution in [0.2, 0.25) is 0 Å². The fraction of sp³-hybridized carbons (Fsp3) is 0.298. The number of benzene rings is 4. The van der Waals surface area contributed by atoms with Crippen molar-refractivity contribution in [1.82, 2.24) is 24.6 Å². The van der Waals surface area contributed by atoms with Crippen molar-refractivity contribution in [2.24, 2.45) is 12.2 Å². The Labute approximate surface area is 471 Å². The Balaban J connectivity index is 0.00000803. The first kappa shape index (κ1) is 56.8. The van der Waals surface area contributed by atoms with E-state index in [9.17, 15) is 19.2 Å². The van der Waals surface area contributed by atoms with Crippen molar-refractivity contribution < 1.29 is 55.2 Å². The van der Waals surface area contributed by atoms with E-state index >= 15 is 0 Å². The molecule has 0 saturated carbocycles. The average Bonchev–Trinajstić information content (AvgIpc) is 4.15. The van der Waals surface area contributed by atoms with Gasteiger partial charge in [-0.25, -0.2) is 19.1 Å². The molecule has 78 heavy (non-hydrogen) atoms. The maximum atomic E-state index is 14.9. The van der Waals surface area contributed by atoms with Gasteiger partial charge in [-0.1, -0.05) is 120 Å². The van der Waals surface area contributed by atoms with Crippen LogP contribution in [0.25, 0.3) is 5.65 Å². The summed E-state index contributed by atoms with van der Waals surface area (Å²) in [6, 6.07) is 38.0. The van der Waals surface area contributed by atoms with Crippen molar-refractivity contribution in [1.29, 1.82) is 0 Å². The van der Waals surface area contributed by atoms with Gasteiger partial charge in [0.15, 0.2) is 10.8 Å². The van der Waals surface area contributed by atoms with Gasteiger partial charge in [0.25, 0.3) is 22.6 Å². The highest BCUT2D eigenvalue weighted by Crippen LogP contribution is 2.43. The molecule has 17 nitrogen and oxygen atoms in total. The number of halogens is 1. The fourth-order valence-electron chi connectivity index (χ4n) is 8.72. The van der Waals surface area contributed by atoms with Crippen LogP contribution in [0.3, 0.4) is 0 Å². The predicted molar refractivity (Wildman–Crippen MR) is 299 cm³/mol. The number of carbonyl (C=O) groups is 4. The van der Waals surface area contributed by atoms with Crippen LogP contribution in [0.4, 0.5) is 10.9 Å². The van der Waals surface area contributed by atoms with E-state index in [1.807, 2.05) is 144 Å². The number of oxime groups is 1. The predicted octanol–water partition coefficient (Wildman–Crippen LogP) is 5.13. The number of imidazole rings is 1. The highest BCUT2D eigenvalue weighted by atomic mass is 35.5. The standard InChI is InChI=1S/C57H59N9O8S3.ClH/c1-55(2,3)73-52(70)56(4,5)74-62-45(42-35-76-53(58-42)61-57(38-19-13-10-14-20-38,39-21-15-11-16-22-39)40-23-17-12-18-24-40)48(67)60-46-49(68)66-47(51(69)72-32-36-25-27-41(71-9)28-26-36)37(33-75-50(46)66)34-77-54-59-43(63(6)7)31-44-64(8)29-30-65(44)54;/h10-31,35,46,50H,32-34H2,1-9H3,(H-,58,60,61,67);1H/b62-45-;. The van der Waals surface area contributed by atoms with Crippen LogP contribution < -0.4 is 37.2 Å². The zero-order valence-electron chi connectivity index (χ0n) is 44.6. The number of aromatic nitrogens is 4. The Bertz CT molecular complexity index is 3270. The quantitative estimate of drug-likeness (QED) is 0.0159. The first-order valence-corrected chi connectivity index (χ1v) is 27.6. The first-order valence-electron chi connectivity index (χ1n) is 24.7. The van der Waals surface area contributed by atoms with E-state index in [0.29, 0.717) is 33.1 Å². The summed E-state index contributed by atoms with van der Waals surface area (Å²) < 4.78 is 20.9. The zero-order valence-corrected chi connectivity index (χ0v) is 47.8. The summed E-state index contributed by atoms with van der Waals surface area (Å²) in [6.07, 6.45) is 3.87. The van der Waals surface area contributed by atoms with Crippen LogP contribution in [-0.4, -0.2) is 104 Å². The lowest BCUT2D eigenvalue weighted by Gasteiger charge is -2.49. The van der Waals surface area contributed by atoms with Gasteiger partial charge < -0.3 is 47.0 Å². The van der Waals surface area contributed by atoms with E-state index in [1.165, 1.54) is 53.6 Å². The van der Waals surface area contributed by atoms with E-state index in [2.05, 4.69) is 15.8 Å². The lowest BCUT2D eigenvalue weighted by Crippen LogP contribution is -3.00. The number of aryl methyl sites for hydroxylation is 1. The molecule has 1 fully saturated rings. The second-order valence-corrected chi connectivity index (χ2v) is 22.9. The number of amides is 2. The molecule has 0 aliphatic carbocycles. The fourth-order valence-corrected chi connectivity index (χ4v) is 11.9. The van der Waals surface area contributed by atoms with Crippen LogP contribution >= 0.6 is 34.9 Å². The molecular weight excluding hydrogens is 1070 g/mol. The summed E-state index contributed by atoms with van der Waals surface area (Å²) in [7, 11) is 7.37. The molecule has 2 amide bonds. The maximum Gasteiger partial charge on any atom is 0.355 e. The number of hydrogen-bond acceptors (Lipinski definition) is 16. The molecule has 0 spiro atoms. The van der Waals surface area contributed by atoms with E-state index in [0.717, 1.165) is 33.7 Å². The molecule has 21 heteroatoms. The third-order valence-electron chi connectivity index (χ3n) is 12.7. The number of thiazole rings is 1. The van der Waals surface area contributed by atoms with Gasteiger partial charge in [-0.15, -0.1) is 23.1 Å². The number of fused-ring (bicyclic) bond motifs is 2. The Kier molecular flexibility index (Phi) is 17.3. The van der Waals surface area contributed by atoms with E-state index < -0.39 is 51.9 Å². The largest absolute Gasteiger partial charge is 1.00 e. The molecule has 1 saturated heterocycles. The summed E-state index contributed by atoms with van der Waals surface area (Å²) >= 11 is 4.08. The van der Waals surface area contributed by atoms with E-state index in [1.54, 1.807) is 57.5 Å². The average molecular weight is 1130 g/mol. The van der Waals surface area contributed by atoms with Crippen molar-refractivity contribution in [2.45, 2.75) is 74.5 Å². The Hall–Kier alpha value is -7.39. The number of nitrogens with zero attached hydrogens (tertiary/aromatic N) is 7. The topological polar surface area (TPSA) is 182 Å². The monoisotopic (exact) mass is 1130 g/mol. The Morgan fingerprint density at radius 3 is 2.08 bits per heavy atom. The lowest BCUT2D eigenvalue weighted by atomic mass is 9.77. The van der Waals surface area contributed by atoms with Gasteiger partial charge >= 0.3 is 11.9 Å². The summed E-state index contributed by atoms with van der Waals surface area (Å²) in [5, 5.41) is 13.0.